The van der Waals surface area contributed by atoms with E-state index in [2.05, 4.69) is 0 Å². The van der Waals surface area contributed by atoms with Crippen LogP contribution in [0.15, 0.2) is 0 Å². The average molecular weight is 168 g/mol. The van der Waals surface area contributed by atoms with Gasteiger partial charge in [-0.25, -0.2) is 0 Å². The van der Waals surface area contributed by atoms with Crippen LogP contribution in [0, 0.1) is 11.3 Å². The van der Waals surface area contributed by atoms with E-state index in [0.717, 1.165) is 6.92 Å². The van der Waals surface area contributed by atoms with Crippen LogP contribution >= 0.6 is 0 Å². The Kier molecular flexibility index (Phi) is 1.44. The number of alkyl halides is 3. The zero-order chi connectivity index (χ0) is 8.86. The maximum Gasteiger partial charge on any atom is 0.395 e. The fourth-order valence-electron chi connectivity index (χ4n) is 1.04. The molecule has 64 valence electrons. The van der Waals surface area contributed by atoms with Crippen LogP contribution in [-0.4, -0.2) is 17.3 Å². The number of carboxylic acid groups (broad SMARTS) is 1. The molecule has 0 radical (unpaired) electrons. The van der Waals surface area contributed by atoms with Crippen LogP contribution in [0.5, 0.6) is 0 Å². The van der Waals surface area contributed by atoms with Gasteiger partial charge in [-0.1, -0.05) is 6.92 Å². The van der Waals surface area contributed by atoms with Crippen molar-refractivity contribution >= 4 is 5.97 Å². The number of carbonyl (C=O) groups is 1. The molecule has 0 heterocycles. The van der Waals surface area contributed by atoms with Crippen LogP contribution in [-0.2, 0) is 4.79 Å². The van der Waals surface area contributed by atoms with Crippen molar-refractivity contribution in [1.29, 1.82) is 0 Å². The van der Waals surface area contributed by atoms with Crippen molar-refractivity contribution in [2.45, 2.75) is 19.5 Å². The van der Waals surface area contributed by atoms with Gasteiger partial charge in [0.2, 0.25) is 0 Å². The Hall–Kier alpha value is -0.740. The highest BCUT2D eigenvalue weighted by Gasteiger charge is 2.70. The number of hydrogen-bond donors (Lipinski definition) is 1. The second kappa shape index (κ2) is 1.89. The summed E-state index contributed by atoms with van der Waals surface area (Å²) in [4.78, 5) is 10.1. The van der Waals surface area contributed by atoms with E-state index < -0.39 is 23.5 Å². The molecule has 1 aliphatic carbocycles. The largest absolute Gasteiger partial charge is 0.481 e. The molecule has 0 aliphatic heterocycles. The Morgan fingerprint density at radius 3 is 2.18 bits per heavy atom. The predicted octanol–water partition coefficient (Wildman–Crippen LogP) is 1.66. The van der Waals surface area contributed by atoms with Gasteiger partial charge in [-0.3, -0.25) is 4.79 Å². The third kappa shape index (κ3) is 1.08. The summed E-state index contributed by atoms with van der Waals surface area (Å²) in [7, 11) is 0. The highest BCUT2D eigenvalue weighted by molar-refractivity contribution is 5.74. The van der Waals surface area contributed by atoms with E-state index >= 15 is 0 Å². The number of halogens is 3. The fraction of sp³-hybridized carbons (Fsp3) is 0.833. The first-order chi connectivity index (χ1) is 4.79. The quantitative estimate of drug-likeness (QED) is 0.646. The SMILES string of the molecule is C[C@]1(C(F)(F)F)C[C@@H]1C(=O)O. The van der Waals surface area contributed by atoms with Gasteiger partial charge in [0.15, 0.2) is 0 Å². The molecule has 0 bridgehead atoms. The Bertz CT molecular complexity index is 198. The molecule has 1 fully saturated rings. The Morgan fingerprint density at radius 1 is 1.64 bits per heavy atom. The Labute approximate surface area is 61.0 Å². The molecule has 1 aliphatic rings. The van der Waals surface area contributed by atoms with Crippen molar-refractivity contribution < 1.29 is 23.1 Å². The smallest absolute Gasteiger partial charge is 0.395 e. The molecule has 1 N–H and O–H groups in total. The van der Waals surface area contributed by atoms with E-state index in [9.17, 15) is 18.0 Å². The van der Waals surface area contributed by atoms with Crippen molar-refractivity contribution in [2.75, 3.05) is 0 Å². The minimum atomic E-state index is -4.38. The third-order valence-electron chi connectivity index (χ3n) is 2.18. The van der Waals surface area contributed by atoms with Crippen LogP contribution < -0.4 is 0 Å². The summed E-state index contributed by atoms with van der Waals surface area (Å²) >= 11 is 0. The molecule has 1 rings (SSSR count). The monoisotopic (exact) mass is 168 g/mol. The summed E-state index contributed by atoms with van der Waals surface area (Å²) in [6, 6.07) is 0. The predicted molar refractivity (Wildman–Crippen MR) is 29.9 cm³/mol. The fourth-order valence-corrected chi connectivity index (χ4v) is 1.04. The zero-order valence-electron chi connectivity index (χ0n) is 5.77. The minimum Gasteiger partial charge on any atom is -0.481 e. The molecule has 0 saturated heterocycles. The number of rotatable bonds is 1. The topological polar surface area (TPSA) is 37.3 Å². The van der Waals surface area contributed by atoms with E-state index in [0.29, 0.717) is 0 Å². The first-order valence-electron chi connectivity index (χ1n) is 3.08. The van der Waals surface area contributed by atoms with Crippen LogP contribution in [0.25, 0.3) is 0 Å². The van der Waals surface area contributed by atoms with E-state index in [1.807, 2.05) is 0 Å². The first kappa shape index (κ1) is 8.36. The third-order valence-corrected chi connectivity index (χ3v) is 2.18. The maximum atomic E-state index is 12.0. The van der Waals surface area contributed by atoms with Gasteiger partial charge in [0, 0.05) is 0 Å². The molecule has 1 saturated carbocycles. The zero-order valence-corrected chi connectivity index (χ0v) is 5.77. The molecule has 0 amide bonds. The number of hydrogen-bond acceptors (Lipinski definition) is 1. The first-order valence-corrected chi connectivity index (χ1v) is 3.08. The van der Waals surface area contributed by atoms with E-state index in [1.165, 1.54) is 0 Å². The van der Waals surface area contributed by atoms with Crippen LogP contribution in [0.1, 0.15) is 13.3 Å². The average Bonchev–Trinajstić information content (AvgIpc) is 2.40. The molecule has 0 spiro atoms. The molecular formula is C6H7F3O2. The Morgan fingerprint density at radius 2 is 2.09 bits per heavy atom. The molecular weight excluding hydrogens is 161 g/mol. The standard InChI is InChI=1S/C6H7F3O2/c1-5(6(7,8)9)2-3(5)4(10)11/h3H,2H2,1H3,(H,10,11)/t3-,5+/m1/s1. The van der Waals surface area contributed by atoms with E-state index in [4.69, 9.17) is 5.11 Å². The highest BCUT2D eigenvalue weighted by atomic mass is 19.4. The number of aliphatic carboxylic acids is 1. The van der Waals surface area contributed by atoms with Gasteiger partial charge in [-0.05, 0) is 6.42 Å². The molecule has 0 unspecified atom stereocenters. The van der Waals surface area contributed by atoms with Crippen molar-refractivity contribution in [3.05, 3.63) is 0 Å². The summed E-state index contributed by atoms with van der Waals surface area (Å²) in [5, 5.41) is 8.25. The van der Waals surface area contributed by atoms with Gasteiger partial charge >= 0.3 is 12.1 Å². The summed E-state index contributed by atoms with van der Waals surface area (Å²) in [5.74, 6) is -2.59. The molecule has 11 heavy (non-hydrogen) atoms. The van der Waals surface area contributed by atoms with Gasteiger partial charge < -0.3 is 5.11 Å². The van der Waals surface area contributed by atoms with Gasteiger partial charge in [0.1, 0.15) is 0 Å². The van der Waals surface area contributed by atoms with Crippen LogP contribution in [0.3, 0.4) is 0 Å². The normalized spacial score (nSPS) is 36.9. The molecule has 2 atom stereocenters. The summed E-state index contributed by atoms with van der Waals surface area (Å²) < 4.78 is 35.9. The van der Waals surface area contributed by atoms with Gasteiger partial charge in [0.05, 0.1) is 11.3 Å². The summed E-state index contributed by atoms with van der Waals surface area (Å²) in [6.07, 6.45) is -4.66. The maximum absolute atomic E-state index is 12.0. The lowest BCUT2D eigenvalue weighted by Gasteiger charge is -2.13. The van der Waals surface area contributed by atoms with E-state index in [1.54, 1.807) is 0 Å². The molecule has 5 heteroatoms. The lowest BCUT2D eigenvalue weighted by atomic mass is 10.1. The van der Waals surface area contributed by atoms with Crippen LogP contribution in [0.4, 0.5) is 13.2 Å². The van der Waals surface area contributed by atoms with Crippen molar-refractivity contribution in [3.63, 3.8) is 0 Å². The van der Waals surface area contributed by atoms with Gasteiger partial charge in [0.25, 0.3) is 0 Å². The summed E-state index contributed by atoms with van der Waals surface area (Å²) in [5.41, 5.74) is -1.97. The lowest BCUT2D eigenvalue weighted by molar-refractivity contribution is -0.189. The molecule has 0 aromatic rings. The summed E-state index contributed by atoms with van der Waals surface area (Å²) in [6.45, 7) is 0.936. The minimum absolute atomic E-state index is 0.286. The van der Waals surface area contributed by atoms with Gasteiger partial charge in [-0.15, -0.1) is 0 Å². The molecule has 0 aromatic heterocycles. The van der Waals surface area contributed by atoms with Crippen molar-refractivity contribution in [1.82, 2.24) is 0 Å². The van der Waals surface area contributed by atoms with Gasteiger partial charge in [-0.2, -0.15) is 13.2 Å². The Balaban J connectivity index is 2.70. The van der Waals surface area contributed by atoms with Crippen LogP contribution in [0.2, 0.25) is 0 Å². The second-order valence-corrected chi connectivity index (χ2v) is 3.01. The van der Waals surface area contributed by atoms with Crippen molar-refractivity contribution in [2.24, 2.45) is 11.3 Å². The molecule has 2 nitrogen and oxygen atoms in total. The van der Waals surface area contributed by atoms with E-state index in [-0.39, 0.29) is 6.42 Å². The highest BCUT2D eigenvalue weighted by Crippen LogP contribution is 2.62. The second-order valence-electron chi connectivity index (χ2n) is 3.01. The lowest BCUT2D eigenvalue weighted by Crippen LogP contribution is -2.25. The molecule has 0 aromatic carbocycles. The number of carboxylic acids is 1. The van der Waals surface area contributed by atoms with Crippen molar-refractivity contribution in [3.8, 4) is 0 Å².